The monoisotopic (exact) mass is 249 g/mol. The highest BCUT2D eigenvalue weighted by Crippen LogP contribution is 2.09. The van der Waals surface area contributed by atoms with E-state index in [1.807, 2.05) is 13.8 Å². The van der Waals surface area contributed by atoms with Crippen molar-refractivity contribution in [3.63, 3.8) is 0 Å². The maximum absolute atomic E-state index is 11.7. The molecule has 4 N–H and O–H groups in total. The molecule has 1 rings (SSSR count). The lowest BCUT2D eigenvalue weighted by Crippen LogP contribution is -2.49. The number of nitrogens with one attached hydrogen (secondary N) is 2. The molecule has 0 aromatic carbocycles. The molecule has 0 radical (unpaired) electrons. The number of hydrogen-bond acceptors (Lipinski definition) is 3. The van der Waals surface area contributed by atoms with E-state index >= 15 is 0 Å². The summed E-state index contributed by atoms with van der Waals surface area (Å²) in [5.74, 6) is -0.534. The molecule has 94 valence electrons. The Kier molecular flexibility index (Phi) is 6.36. The molecule has 1 aliphatic heterocycles. The van der Waals surface area contributed by atoms with Gasteiger partial charge in [0.05, 0.1) is 5.92 Å². The first-order valence-corrected chi connectivity index (χ1v) is 5.32. The van der Waals surface area contributed by atoms with E-state index in [0.717, 1.165) is 13.0 Å². The molecule has 0 saturated carbocycles. The van der Waals surface area contributed by atoms with Crippen LogP contribution in [-0.4, -0.2) is 30.9 Å². The second-order valence-electron chi connectivity index (χ2n) is 4.32. The Hall–Kier alpha value is -0.810. The van der Waals surface area contributed by atoms with Crippen LogP contribution in [0, 0.1) is 11.8 Å². The second kappa shape index (κ2) is 6.70. The summed E-state index contributed by atoms with van der Waals surface area (Å²) in [4.78, 5) is 22.8. The lowest BCUT2D eigenvalue weighted by atomic mass is 10.0. The molecule has 0 aromatic rings. The minimum absolute atomic E-state index is 0. The Balaban J connectivity index is 0.00000225. The fourth-order valence-corrected chi connectivity index (χ4v) is 1.72. The minimum Gasteiger partial charge on any atom is -0.368 e. The normalized spacial score (nSPS) is 21.3. The van der Waals surface area contributed by atoms with Gasteiger partial charge in [-0.25, -0.2) is 0 Å². The lowest BCUT2D eigenvalue weighted by molar-refractivity contribution is -0.130. The van der Waals surface area contributed by atoms with Crippen molar-refractivity contribution in [3.05, 3.63) is 0 Å². The van der Waals surface area contributed by atoms with Gasteiger partial charge in [-0.05, 0) is 18.9 Å². The van der Waals surface area contributed by atoms with Gasteiger partial charge in [0.1, 0.15) is 6.04 Å². The zero-order chi connectivity index (χ0) is 11.4. The zero-order valence-corrected chi connectivity index (χ0v) is 10.5. The summed E-state index contributed by atoms with van der Waals surface area (Å²) in [7, 11) is 0. The van der Waals surface area contributed by atoms with E-state index in [1.165, 1.54) is 0 Å². The van der Waals surface area contributed by atoms with Crippen LogP contribution in [-0.2, 0) is 9.59 Å². The van der Waals surface area contributed by atoms with Gasteiger partial charge >= 0.3 is 0 Å². The molecule has 5 nitrogen and oxygen atoms in total. The average molecular weight is 250 g/mol. The highest BCUT2D eigenvalue weighted by molar-refractivity contribution is 5.87. The van der Waals surface area contributed by atoms with Gasteiger partial charge in [0.2, 0.25) is 11.8 Å². The summed E-state index contributed by atoms with van der Waals surface area (Å²) in [6, 6.07) is -0.557. The quantitative estimate of drug-likeness (QED) is 0.637. The maximum atomic E-state index is 11.7. The van der Waals surface area contributed by atoms with E-state index in [4.69, 9.17) is 5.73 Å². The summed E-state index contributed by atoms with van der Waals surface area (Å²) < 4.78 is 0. The molecule has 16 heavy (non-hydrogen) atoms. The topological polar surface area (TPSA) is 84.2 Å². The summed E-state index contributed by atoms with van der Waals surface area (Å²) in [6.07, 6.45) is 0.829. The Bertz CT molecular complexity index is 252. The second-order valence-corrected chi connectivity index (χ2v) is 4.32. The standard InChI is InChI=1S/C10H19N3O2.ClH/c1-6(2)8(9(11)14)13-10(15)7-3-4-12-5-7;/h6-8,12H,3-5H2,1-2H3,(H2,11,14)(H,13,15);1H/t7-,8?;/m0./s1. The van der Waals surface area contributed by atoms with Crippen LogP contribution in [0.25, 0.3) is 0 Å². The molecule has 0 aliphatic carbocycles. The van der Waals surface area contributed by atoms with Crippen molar-refractivity contribution in [2.75, 3.05) is 13.1 Å². The van der Waals surface area contributed by atoms with Crippen LogP contribution in [0.2, 0.25) is 0 Å². The Morgan fingerprint density at radius 3 is 2.44 bits per heavy atom. The predicted molar refractivity (Wildman–Crippen MR) is 64.2 cm³/mol. The van der Waals surface area contributed by atoms with E-state index in [0.29, 0.717) is 6.54 Å². The third-order valence-corrected chi connectivity index (χ3v) is 2.70. The first-order chi connectivity index (χ1) is 7.02. The Morgan fingerprint density at radius 1 is 1.44 bits per heavy atom. The van der Waals surface area contributed by atoms with E-state index in [2.05, 4.69) is 10.6 Å². The van der Waals surface area contributed by atoms with Crippen molar-refractivity contribution in [2.45, 2.75) is 26.3 Å². The highest BCUT2D eigenvalue weighted by Gasteiger charge is 2.27. The van der Waals surface area contributed by atoms with E-state index < -0.39 is 11.9 Å². The van der Waals surface area contributed by atoms with Gasteiger partial charge in [-0.2, -0.15) is 0 Å². The van der Waals surface area contributed by atoms with Crippen LogP contribution < -0.4 is 16.4 Å². The largest absolute Gasteiger partial charge is 0.368 e. The lowest BCUT2D eigenvalue weighted by Gasteiger charge is -2.20. The molecule has 1 saturated heterocycles. The van der Waals surface area contributed by atoms with Crippen molar-refractivity contribution in [1.82, 2.24) is 10.6 Å². The molecule has 0 spiro atoms. The predicted octanol–water partition coefficient (Wildman–Crippen LogP) is -0.356. The first-order valence-electron chi connectivity index (χ1n) is 5.32. The molecule has 0 bridgehead atoms. The van der Waals surface area contributed by atoms with Gasteiger partial charge in [0.15, 0.2) is 0 Å². The van der Waals surface area contributed by atoms with Crippen molar-refractivity contribution in [1.29, 1.82) is 0 Å². The van der Waals surface area contributed by atoms with Gasteiger partial charge in [-0.1, -0.05) is 13.8 Å². The van der Waals surface area contributed by atoms with E-state index in [9.17, 15) is 9.59 Å². The van der Waals surface area contributed by atoms with Crippen molar-refractivity contribution >= 4 is 24.2 Å². The molecule has 1 heterocycles. The van der Waals surface area contributed by atoms with Gasteiger partial charge < -0.3 is 16.4 Å². The zero-order valence-electron chi connectivity index (χ0n) is 9.66. The van der Waals surface area contributed by atoms with Crippen molar-refractivity contribution in [3.8, 4) is 0 Å². The third-order valence-electron chi connectivity index (χ3n) is 2.70. The number of nitrogens with two attached hydrogens (primary N) is 1. The van der Waals surface area contributed by atoms with Crippen molar-refractivity contribution in [2.24, 2.45) is 17.6 Å². The summed E-state index contributed by atoms with van der Waals surface area (Å²) in [6.45, 7) is 5.28. The van der Waals surface area contributed by atoms with Crippen LogP contribution in [0.3, 0.4) is 0 Å². The summed E-state index contributed by atoms with van der Waals surface area (Å²) >= 11 is 0. The summed E-state index contributed by atoms with van der Waals surface area (Å²) in [5.41, 5.74) is 5.22. The highest BCUT2D eigenvalue weighted by atomic mass is 35.5. The maximum Gasteiger partial charge on any atom is 0.240 e. The number of halogens is 1. The van der Waals surface area contributed by atoms with Gasteiger partial charge in [0.25, 0.3) is 0 Å². The molecule has 1 unspecified atom stereocenters. The molecule has 2 amide bonds. The van der Waals surface area contributed by atoms with Crippen LogP contribution in [0.4, 0.5) is 0 Å². The number of amides is 2. The fraction of sp³-hybridized carbons (Fsp3) is 0.800. The minimum atomic E-state index is -0.557. The summed E-state index contributed by atoms with van der Waals surface area (Å²) in [5, 5.41) is 5.81. The number of hydrogen-bond donors (Lipinski definition) is 3. The van der Waals surface area contributed by atoms with E-state index in [-0.39, 0.29) is 30.2 Å². The Labute approximate surface area is 102 Å². The fourth-order valence-electron chi connectivity index (χ4n) is 1.72. The SMILES string of the molecule is CC(C)C(NC(=O)[C@H]1CCNC1)C(N)=O.Cl. The van der Waals surface area contributed by atoms with Crippen LogP contribution in [0.1, 0.15) is 20.3 Å². The van der Waals surface area contributed by atoms with Crippen LogP contribution in [0.5, 0.6) is 0 Å². The number of rotatable bonds is 4. The van der Waals surface area contributed by atoms with E-state index in [1.54, 1.807) is 0 Å². The van der Waals surface area contributed by atoms with Crippen LogP contribution in [0.15, 0.2) is 0 Å². The molecule has 1 fully saturated rings. The van der Waals surface area contributed by atoms with Crippen LogP contribution >= 0.6 is 12.4 Å². The molecule has 2 atom stereocenters. The van der Waals surface area contributed by atoms with Gasteiger partial charge in [-0.15, -0.1) is 12.4 Å². The number of carbonyl (C=O) groups is 2. The number of primary amides is 1. The van der Waals surface area contributed by atoms with Gasteiger partial charge in [-0.3, -0.25) is 9.59 Å². The molecular weight excluding hydrogens is 230 g/mol. The third kappa shape index (κ3) is 3.98. The van der Waals surface area contributed by atoms with Crippen molar-refractivity contribution < 1.29 is 9.59 Å². The molecule has 0 aromatic heterocycles. The molecular formula is C10H20ClN3O2. The van der Waals surface area contributed by atoms with Gasteiger partial charge in [0, 0.05) is 6.54 Å². The molecule has 6 heteroatoms. The smallest absolute Gasteiger partial charge is 0.240 e. The average Bonchev–Trinajstić information content (AvgIpc) is 2.65. The molecule has 1 aliphatic rings. The Morgan fingerprint density at radius 2 is 2.06 bits per heavy atom. The first kappa shape index (κ1) is 15.2. The number of carbonyl (C=O) groups excluding carboxylic acids is 2.